The number of amides is 2. The number of nitrogens with one attached hydrogen (secondary N) is 1. The zero-order valence-corrected chi connectivity index (χ0v) is 21.1. The van der Waals surface area contributed by atoms with Gasteiger partial charge in [0.25, 0.3) is 5.91 Å². The van der Waals surface area contributed by atoms with Crippen molar-refractivity contribution in [1.82, 2.24) is 4.98 Å². The lowest BCUT2D eigenvalue weighted by Gasteiger charge is -2.29. The maximum Gasteiger partial charge on any atom is 0.341 e. The summed E-state index contributed by atoms with van der Waals surface area (Å²) in [4.78, 5) is 45.7. The summed E-state index contributed by atoms with van der Waals surface area (Å²) in [6, 6.07) is 5.51. The number of thiophene rings is 1. The zero-order chi connectivity index (χ0) is 24.5. The third kappa shape index (κ3) is 4.68. The van der Waals surface area contributed by atoms with Gasteiger partial charge in [-0.2, -0.15) is 0 Å². The summed E-state index contributed by atoms with van der Waals surface area (Å²) in [6.07, 6.45) is 3.74. The molecular weight excluding hydrogens is 486 g/mol. The monoisotopic (exact) mass is 511 g/mol. The first-order valence-electron chi connectivity index (χ1n) is 11.6. The second-order valence-electron chi connectivity index (χ2n) is 8.39. The van der Waals surface area contributed by atoms with Crippen molar-refractivity contribution in [2.24, 2.45) is 0 Å². The first-order chi connectivity index (χ1) is 16.9. The molecule has 0 atom stereocenters. The summed E-state index contributed by atoms with van der Waals surface area (Å²) in [5.41, 5.74) is 3.60. The van der Waals surface area contributed by atoms with E-state index >= 15 is 0 Å². The van der Waals surface area contributed by atoms with Gasteiger partial charge in [-0.1, -0.05) is 0 Å². The lowest BCUT2D eigenvalue weighted by Crippen LogP contribution is -2.43. The fourth-order valence-electron chi connectivity index (χ4n) is 4.41. The van der Waals surface area contributed by atoms with Gasteiger partial charge in [-0.05, 0) is 63.3 Å². The van der Waals surface area contributed by atoms with Crippen LogP contribution in [0, 0.1) is 6.92 Å². The van der Waals surface area contributed by atoms with Crippen LogP contribution >= 0.6 is 22.7 Å². The van der Waals surface area contributed by atoms with Crippen LogP contribution in [-0.4, -0.2) is 42.5 Å². The Morgan fingerprint density at radius 2 is 2.09 bits per heavy atom. The Kier molecular flexibility index (Phi) is 6.57. The number of rotatable bonds is 6. The van der Waals surface area contributed by atoms with Gasteiger partial charge in [0.05, 0.1) is 28.6 Å². The minimum atomic E-state index is -0.418. The van der Waals surface area contributed by atoms with E-state index in [0.717, 1.165) is 52.4 Å². The Bertz CT molecular complexity index is 1310. The van der Waals surface area contributed by atoms with Crippen molar-refractivity contribution >= 4 is 51.1 Å². The van der Waals surface area contributed by atoms with Crippen LogP contribution in [0.5, 0.6) is 5.75 Å². The minimum Gasteiger partial charge on any atom is -0.482 e. The van der Waals surface area contributed by atoms with Crippen molar-refractivity contribution < 1.29 is 23.9 Å². The predicted molar refractivity (Wildman–Crippen MR) is 136 cm³/mol. The molecule has 0 fully saturated rings. The van der Waals surface area contributed by atoms with Crippen LogP contribution in [0.25, 0.3) is 11.3 Å². The fourth-order valence-corrected chi connectivity index (χ4v) is 6.33. The molecule has 3 heterocycles. The van der Waals surface area contributed by atoms with Crippen molar-refractivity contribution in [1.29, 1.82) is 0 Å². The van der Waals surface area contributed by atoms with Crippen molar-refractivity contribution in [3.63, 3.8) is 0 Å². The van der Waals surface area contributed by atoms with E-state index in [1.54, 1.807) is 24.3 Å². The quantitative estimate of drug-likeness (QED) is 0.486. The van der Waals surface area contributed by atoms with Gasteiger partial charge in [-0.25, -0.2) is 9.78 Å². The highest BCUT2D eigenvalue weighted by Crippen LogP contribution is 2.39. The maximum absolute atomic E-state index is 13.1. The van der Waals surface area contributed by atoms with Crippen molar-refractivity contribution in [2.45, 2.75) is 39.5 Å². The molecule has 0 radical (unpaired) electrons. The molecule has 0 spiro atoms. The molecule has 0 saturated carbocycles. The van der Waals surface area contributed by atoms with Gasteiger partial charge in [0, 0.05) is 15.8 Å². The number of hydrogen-bond donors (Lipinski definition) is 1. The lowest BCUT2D eigenvalue weighted by molar-refractivity contribution is -0.123. The summed E-state index contributed by atoms with van der Waals surface area (Å²) in [5, 5.41) is 6.28. The number of benzene rings is 1. The van der Waals surface area contributed by atoms with Gasteiger partial charge >= 0.3 is 5.97 Å². The summed E-state index contributed by atoms with van der Waals surface area (Å²) in [5.74, 6) is -0.578. The van der Waals surface area contributed by atoms with Crippen molar-refractivity contribution in [3.05, 3.63) is 44.6 Å². The summed E-state index contributed by atoms with van der Waals surface area (Å²) < 4.78 is 10.9. The average Bonchev–Trinajstić information content (AvgIpc) is 3.44. The molecule has 1 aliphatic carbocycles. The van der Waals surface area contributed by atoms with Gasteiger partial charge in [0.15, 0.2) is 6.61 Å². The molecule has 2 aliphatic rings. The largest absolute Gasteiger partial charge is 0.482 e. The van der Waals surface area contributed by atoms with Crippen LogP contribution in [0.1, 0.15) is 45.6 Å². The third-order valence-corrected chi connectivity index (χ3v) is 8.00. The number of nitrogens with zero attached hydrogens (tertiary/aromatic N) is 2. The fraction of sp³-hybridized carbons (Fsp3) is 0.360. The molecule has 3 aromatic rings. The molecule has 0 saturated heterocycles. The maximum atomic E-state index is 13.1. The SMILES string of the molecule is CCOC(=O)c1c(NC(=O)CN2C(=O)COc3ccc(-c4csc(C)n4)cc32)sc2c1CCCC2. The molecule has 1 N–H and O–H groups in total. The summed E-state index contributed by atoms with van der Waals surface area (Å²) in [7, 11) is 0. The zero-order valence-electron chi connectivity index (χ0n) is 19.5. The third-order valence-electron chi connectivity index (χ3n) is 6.02. The van der Waals surface area contributed by atoms with Crippen LogP contribution in [0.2, 0.25) is 0 Å². The second kappa shape index (κ2) is 9.79. The van der Waals surface area contributed by atoms with E-state index < -0.39 is 5.97 Å². The molecule has 0 bridgehead atoms. The van der Waals surface area contributed by atoms with Crippen molar-refractivity contribution in [2.75, 3.05) is 30.0 Å². The van der Waals surface area contributed by atoms with E-state index in [2.05, 4.69) is 10.3 Å². The average molecular weight is 512 g/mol. The minimum absolute atomic E-state index is 0.142. The van der Waals surface area contributed by atoms with Crippen LogP contribution in [0.15, 0.2) is 23.6 Å². The Morgan fingerprint density at radius 1 is 1.26 bits per heavy atom. The first kappa shape index (κ1) is 23.5. The van der Waals surface area contributed by atoms with E-state index in [0.29, 0.717) is 22.0 Å². The molecule has 35 heavy (non-hydrogen) atoms. The number of thiazole rings is 1. The predicted octanol–water partition coefficient (Wildman–Crippen LogP) is 4.60. The number of carbonyl (C=O) groups is 3. The Balaban J connectivity index is 1.41. The van der Waals surface area contributed by atoms with Gasteiger partial charge in [0.1, 0.15) is 17.3 Å². The van der Waals surface area contributed by atoms with Crippen LogP contribution in [0.4, 0.5) is 10.7 Å². The highest BCUT2D eigenvalue weighted by Gasteiger charge is 2.30. The number of hydrogen-bond acceptors (Lipinski definition) is 8. The standard InChI is InChI=1S/C25H25N3O5S2/c1-3-32-25(31)23-16-6-4-5-7-20(16)35-24(23)27-21(29)11-28-18-10-15(17-13-34-14(2)26-17)8-9-19(18)33-12-22(28)30/h8-10,13H,3-7,11-12H2,1-2H3,(H,27,29). The molecule has 8 nitrogen and oxygen atoms in total. The highest BCUT2D eigenvalue weighted by molar-refractivity contribution is 7.17. The molecule has 2 amide bonds. The van der Waals surface area contributed by atoms with Crippen LogP contribution < -0.4 is 15.0 Å². The number of aromatic nitrogens is 1. The summed E-state index contributed by atoms with van der Waals surface area (Å²) in [6.45, 7) is 3.62. The number of anilines is 2. The Hall–Kier alpha value is -3.24. The molecule has 0 unspecified atom stereocenters. The Morgan fingerprint density at radius 3 is 2.86 bits per heavy atom. The molecule has 1 aromatic carbocycles. The van der Waals surface area contributed by atoms with Crippen LogP contribution in [-0.2, 0) is 27.2 Å². The van der Waals surface area contributed by atoms with Gasteiger partial charge in [-0.15, -0.1) is 22.7 Å². The lowest BCUT2D eigenvalue weighted by atomic mass is 9.95. The van der Waals surface area contributed by atoms with E-state index in [1.165, 1.54) is 16.2 Å². The number of ether oxygens (including phenoxy) is 2. The smallest absolute Gasteiger partial charge is 0.341 e. The summed E-state index contributed by atoms with van der Waals surface area (Å²) >= 11 is 2.97. The molecule has 1 aliphatic heterocycles. The first-order valence-corrected chi connectivity index (χ1v) is 13.3. The number of carbonyl (C=O) groups excluding carboxylic acids is 3. The Labute approximate surface area is 210 Å². The van der Waals surface area contributed by atoms with E-state index in [9.17, 15) is 14.4 Å². The van der Waals surface area contributed by atoms with E-state index in [4.69, 9.17) is 9.47 Å². The molecule has 10 heteroatoms. The number of aryl methyl sites for hydroxylation is 2. The van der Waals surface area contributed by atoms with E-state index in [-0.39, 0.29) is 31.6 Å². The van der Waals surface area contributed by atoms with E-state index in [1.807, 2.05) is 24.4 Å². The van der Waals surface area contributed by atoms with Crippen molar-refractivity contribution in [3.8, 4) is 17.0 Å². The topological polar surface area (TPSA) is 97.8 Å². The molecule has 5 rings (SSSR count). The normalized spacial score (nSPS) is 14.7. The second-order valence-corrected chi connectivity index (χ2v) is 10.6. The van der Waals surface area contributed by atoms with Gasteiger partial charge < -0.3 is 14.8 Å². The number of fused-ring (bicyclic) bond motifs is 2. The highest BCUT2D eigenvalue weighted by atomic mass is 32.1. The number of esters is 1. The van der Waals surface area contributed by atoms with Gasteiger partial charge in [0.2, 0.25) is 5.91 Å². The molecule has 182 valence electrons. The van der Waals surface area contributed by atoms with Gasteiger partial charge in [-0.3, -0.25) is 14.5 Å². The van der Waals surface area contributed by atoms with Crippen LogP contribution in [0.3, 0.4) is 0 Å². The molecular formula is C25H25N3O5S2. The molecule has 2 aromatic heterocycles.